The molecule has 0 N–H and O–H groups in total. The van der Waals surface area contributed by atoms with E-state index in [0.717, 1.165) is 16.6 Å². The molecule has 2 atom stereocenters. The van der Waals surface area contributed by atoms with Gasteiger partial charge in [-0.3, -0.25) is 0 Å². The highest BCUT2D eigenvalue weighted by Gasteiger charge is 2.34. The molecule has 0 aliphatic carbocycles. The van der Waals surface area contributed by atoms with Gasteiger partial charge in [0.15, 0.2) is 0 Å². The highest BCUT2D eigenvalue weighted by atomic mass is 79.9. The molecule has 3 aromatic rings. The van der Waals surface area contributed by atoms with Gasteiger partial charge in [-0.15, -0.1) is 0 Å². The second-order valence-corrected chi connectivity index (χ2v) is 10.0. The molecule has 2 aromatic carbocycles. The average molecular weight is 495 g/mol. The van der Waals surface area contributed by atoms with Crippen molar-refractivity contribution in [1.29, 1.82) is 0 Å². The average Bonchev–Trinajstić information content (AvgIpc) is 3.14. The van der Waals surface area contributed by atoms with Gasteiger partial charge >= 0.3 is 0 Å². The van der Waals surface area contributed by atoms with Crippen molar-refractivity contribution in [2.75, 3.05) is 18.0 Å². The number of nitrogens with zero attached hydrogens (tertiary/aromatic N) is 2. The minimum atomic E-state index is -4.03. The zero-order chi connectivity index (χ0) is 21.5. The highest BCUT2D eigenvalue weighted by molar-refractivity contribution is 9.10. The quantitative estimate of drug-likeness (QED) is 0.489. The molecule has 2 heterocycles. The van der Waals surface area contributed by atoms with Crippen molar-refractivity contribution in [3.8, 4) is 11.5 Å². The van der Waals surface area contributed by atoms with Crippen molar-refractivity contribution in [3.63, 3.8) is 0 Å². The molecule has 6 nitrogen and oxygen atoms in total. The van der Waals surface area contributed by atoms with Gasteiger partial charge in [0.2, 0.25) is 26.6 Å². The van der Waals surface area contributed by atoms with Crippen LogP contribution in [-0.2, 0) is 14.6 Å². The summed E-state index contributed by atoms with van der Waals surface area (Å²) in [7, 11) is -4.03. The maximum Gasteiger partial charge on any atom is 0.236 e. The van der Waals surface area contributed by atoms with Crippen LogP contribution in [0.5, 0.6) is 0 Å². The van der Waals surface area contributed by atoms with Crippen LogP contribution in [0.4, 0.5) is 10.3 Å². The predicted molar refractivity (Wildman–Crippen MR) is 114 cm³/mol. The number of aromatic nitrogens is 1. The Bertz CT molecular complexity index is 1140. The molecule has 0 saturated carbocycles. The first kappa shape index (κ1) is 21.0. The van der Waals surface area contributed by atoms with Crippen LogP contribution in [0.3, 0.4) is 0 Å². The fourth-order valence-corrected chi connectivity index (χ4v) is 5.04. The van der Waals surface area contributed by atoms with Gasteiger partial charge in [0.1, 0.15) is 5.82 Å². The largest absolute Gasteiger partial charge is 0.419 e. The second kappa shape index (κ2) is 8.13. The standard InChI is InChI=1S/C21H20BrFN2O4S/c1-13-11-25(12-14(2)28-13)21-20(30(26,27)18-9-7-17(23)8-10-18)24-19(29-21)15-3-5-16(22)6-4-15/h3-10,13-14H,11-12H2,1-2H3. The molecule has 0 bridgehead atoms. The molecular weight excluding hydrogens is 475 g/mol. The Morgan fingerprint density at radius 3 is 2.23 bits per heavy atom. The van der Waals surface area contributed by atoms with Crippen molar-refractivity contribution in [1.82, 2.24) is 4.98 Å². The lowest BCUT2D eigenvalue weighted by molar-refractivity contribution is -0.00657. The molecular formula is C21H20BrFN2O4S. The van der Waals surface area contributed by atoms with Gasteiger partial charge in [0, 0.05) is 23.1 Å². The monoisotopic (exact) mass is 494 g/mol. The first-order valence-corrected chi connectivity index (χ1v) is 11.7. The Labute approximate surface area is 182 Å². The second-order valence-electron chi connectivity index (χ2n) is 7.26. The zero-order valence-electron chi connectivity index (χ0n) is 16.4. The van der Waals surface area contributed by atoms with Crippen molar-refractivity contribution >= 4 is 31.7 Å². The first-order chi connectivity index (χ1) is 14.2. The summed E-state index contributed by atoms with van der Waals surface area (Å²) in [5.74, 6) is -0.148. The van der Waals surface area contributed by atoms with Gasteiger partial charge in [0.05, 0.1) is 17.1 Å². The molecule has 2 unspecified atom stereocenters. The number of ether oxygens (including phenoxy) is 1. The molecule has 1 saturated heterocycles. The van der Waals surface area contributed by atoms with Gasteiger partial charge in [-0.2, -0.15) is 4.98 Å². The lowest BCUT2D eigenvalue weighted by Crippen LogP contribution is -2.45. The molecule has 1 aliphatic heterocycles. The van der Waals surface area contributed by atoms with E-state index in [0.29, 0.717) is 18.7 Å². The minimum absolute atomic E-state index is 0.0461. The topological polar surface area (TPSA) is 72.6 Å². The summed E-state index contributed by atoms with van der Waals surface area (Å²) in [6, 6.07) is 11.9. The summed E-state index contributed by atoms with van der Waals surface area (Å²) in [6.07, 6.45) is -0.201. The van der Waals surface area contributed by atoms with Crippen LogP contribution in [0.2, 0.25) is 0 Å². The number of morpholine rings is 1. The van der Waals surface area contributed by atoms with Gasteiger partial charge in [-0.05, 0) is 62.4 Å². The van der Waals surface area contributed by atoms with Crippen molar-refractivity contribution in [2.24, 2.45) is 0 Å². The van der Waals surface area contributed by atoms with E-state index >= 15 is 0 Å². The highest BCUT2D eigenvalue weighted by Crippen LogP contribution is 2.36. The van der Waals surface area contributed by atoms with Gasteiger partial charge in [-0.25, -0.2) is 12.8 Å². The van der Waals surface area contributed by atoms with E-state index < -0.39 is 15.7 Å². The van der Waals surface area contributed by atoms with Crippen molar-refractivity contribution < 1.29 is 22.0 Å². The molecule has 0 amide bonds. The van der Waals surface area contributed by atoms with E-state index in [1.807, 2.05) is 30.9 Å². The van der Waals surface area contributed by atoms with Crippen LogP contribution in [0, 0.1) is 5.82 Å². The van der Waals surface area contributed by atoms with E-state index in [2.05, 4.69) is 20.9 Å². The molecule has 158 valence electrons. The van der Waals surface area contributed by atoms with Crippen molar-refractivity contribution in [3.05, 3.63) is 58.8 Å². The Hall–Kier alpha value is -2.23. The number of sulfone groups is 1. The first-order valence-electron chi connectivity index (χ1n) is 9.42. The number of halogens is 2. The van der Waals surface area contributed by atoms with E-state index in [-0.39, 0.29) is 33.9 Å². The lowest BCUT2D eigenvalue weighted by atomic mass is 10.2. The maximum atomic E-state index is 13.4. The fraction of sp³-hybridized carbons (Fsp3) is 0.286. The Kier molecular flexibility index (Phi) is 5.69. The molecule has 30 heavy (non-hydrogen) atoms. The maximum absolute atomic E-state index is 13.4. The summed E-state index contributed by atoms with van der Waals surface area (Å²) in [5, 5.41) is -0.187. The third-order valence-electron chi connectivity index (χ3n) is 4.76. The summed E-state index contributed by atoms with van der Waals surface area (Å²) < 4.78 is 52.7. The van der Waals surface area contributed by atoms with E-state index in [1.165, 1.54) is 12.1 Å². The minimum Gasteiger partial charge on any atom is -0.419 e. The summed E-state index contributed by atoms with van der Waals surface area (Å²) in [6.45, 7) is 4.77. The summed E-state index contributed by atoms with van der Waals surface area (Å²) >= 11 is 3.38. The van der Waals surface area contributed by atoms with Gasteiger partial charge in [0.25, 0.3) is 0 Å². The third kappa shape index (κ3) is 4.14. The van der Waals surface area contributed by atoms with Crippen LogP contribution in [0.25, 0.3) is 11.5 Å². The zero-order valence-corrected chi connectivity index (χ0v) is 18.8. The number of hydrogen-bond donors (Lipinski definition) is 0. The van der Waals surface area contributed by atoms with Crippen LogP contribution in [0.15, 0.2) is 67.3 Å². The molecule has 0 radical (unpaired) electrons. The van der Waals surface area contributed by atoms with Crippen molar-refractivity contribution in [2.45, 2.75) is 36.0 Å². The van der Waals surface area contributed by atoms with Gasteiger partial charge in [-0.1, -0.05) is 15.9 Å². The van der Waals surface area contributed by atoms with E-state index in [1.54, 1.807) is 12.1 Å². The Balaban J connectivity index is 1.85. The number of anilines is 1. The third-order valence-corrected chi connectivity index (χ3v) is 6.95. The smallest absolute Gasteiger partial charge is 0.236 e. The number of benzene rings is 2. The molecule has 9 heteroatoms. The Morgan fingerprint density at radius 2 is 1.63 bits per heavy atom. The van der Waals surface area contributed by atoms with E-state index in [9.17, 15) is 12.8 Å². The normalized spacial score (nSPS) is 19.8. The van der Waals surface area contributed by atoms with Gasteiger partial charge < -0.3 is 14.1 Å². The molecule has 1 aliphatic rings. The molecule has 1 aromatic heterocycles. The van der Waals surface area contributed by atoms with Crippen LogP contribution in [-0.4, -0.2) is 38.7 Å². The lowest BCUT2D eigenvalue weighted by Gasteiger charge is -2.35. The fourth-order valence-electron chi connectivity index (χ4n) is 3.46. The summed E-state index contributed by atoms with van der Waals surface area (Å²) in [5.41, 5.74) is 0.648. The van der Waals surface area contributed by atoms with E-state index in [4.69, 9.17) is 9.15 Å². The molecule has 4 rings (SSSR count). The SMILES string of the molecule is CC1CN(c2oc(-c3ccc(Br)cc3)nc2S(=O)(=O)c2ccc(F)cc2)CC(C)O1. The molecule has 1 fully saturated rings. The number of rotatable bonds is 4. The predicted octanol–water partition coefficient (Wildman–Crippen LogP) is 4.69. The van der Waals surface area contributed by atoms with Crippen LogP contribution in [0.1, 0.15) is 13.8 Å². The van der Waals surface area contributed by atoms with Crippen LogP contribution >= 0.6 is 15.9 Å². The number of oxazole rings is 1. The van der Waals surface area contributed by atoms with Crippen LogP contribution < -0.4 is 4.90 Å². The Morgan fingerprint density at radius 1 is 1.03 bits per heavy atom. The number of hydrogen-bond acceptors (Lipinski definition) is 6. The molecule has 0 spiro atoms. The summed E-state index contributed by atoms with van der Waals surface area (Å²) in [4.78, 5) is 6.15.